The predicted octanol–water partition coefficient (Wildman–Crippen LogP) is 3.44. The van der Waals surface area contributed by atoms with Crippen molar-refractivity contribution in [1.82, 2.24) is 15.1 Å². The number of halogens is 2. The van der Waals surface area contributed by atoms with Crippen LogP contribution in [-0.4, -0.2) is 16.8 Å². The molecule has 1 aromatic heterocycles. The summed E-state index contributed by atoms with van der Waals surface area (Å²) in [5.41, 5.74) is 2.90. The van der Waals surface area contributed by atoms with Crippen LogP contribution in [0, 0.1) is 6.92 Å². The maximum atomic E-state index is 6.22. The molecule has 1 heterocycles. The third-order valence-electron chi connectivity index (χ3n) is 3.05. The Labute approximate surface area is 132 Å². The molecule has 0 unspecified atom stereocenters. The number of hydrogen-bond acceptors (Lipinski definition) is 3. The van der Waals surface area contributed by atoms with Crippen LogP contribution in [0.1, 0.15) is 16.8 Å². The Hall–Kier alpha value is -1.04. The summed E-state index contributed by atoms with van der Waals surface area (Å²) in [6, 6.07) is 5.99. The molecule has 6 heteroatoms. The smallest absolute Gasteiger partial charge is 0.138 e. The molecule has 0 atom stereocenters. The standard InChI is InChI=1S/C14H17BrClN3O/c1-9-11(14(16)19(3)18-9)8-20-13-10(7-17-2)5-4-6-12(13)15/h4-6,17H,7-8H2,1-3H3. The lowest BCUT2D eigenvalue weighted by atomic mass is 10.2. The molecule has 0 spiro atoms. The first-order valence-corrected chi connectivity index (χ1v) is 7.44. The Kier molecular flexibility index (Phi) is 5.07. The Morgan fingerprint density at radius 1 is 1.45 bits per heavy atom. The number of hydrogen-bond donors (Lipinski definition) is 1. The molecule has 1 N–H and O–H groups in total. The number of ether oxygens (including phenoxy) is 1. The highest BCUT2D eigenvalue weighted by atomic mass is 79.9. The summed E-state index contributed by atoms with van der Waals surface area (Å²) in [6.45, 7) is 3.07. The molecule has 20 heavy (non-hydrogen) atoms. The molecule has 0 aliphatic carbocycles. The average Bonchev–Trinajstić information content (AvgIpc) is 2.64. The highest BCUT2D eigenvalue weighted by Crippen LogP contribution is 2.31. The molecular formula is C14H17BrClN3O. The van der Waals surface area contributed by atoms with Gasteiger partial charge in [-0.3, -0.25) is 4.68 Å². The Bertz CT molecular complexity index is 613. The molecule has 4 nitrogen and oxygen atoms in total. The fourth-order valence-electron chi connectivity index (χ4n) is 2.03. The van der Waals surface area contributed by atoms with Crippen molar-refractivity contribution in [2.24, 2.45) is 7.05 Å². The molecule has 0 bridgehead atoms. The summed E-state index contributed by atoms with van der Waals surface area (Å²) in [5.74, 6) is 0.834. The van der Waals surface area contributed by atoms with Crippen molar-refractivity contribution < 1.29 is 4.74 Å². The second-order valence-electron chi connectivity index (χ2n) is 4.53. The van der Waals surface area contributed by atoms with Crippen LogP contribution in [-0.2, 0) is 20.2 Å². The Balaban J connectivity index is 2.22. The number of nitrogens with one attached hydrogen (secondary N) is 1. The Morgan fingerprint density at radius 3 is 2.80 bits per heavy atom. The number of benzene rings is 1. The van der Waals surface area contributed by atoms with Crippen LogP contribution in [0.3, 0.4) is 0 Å². The molecule has 0 aliphatic heterocycles. The van der Waals surface area contributed by atoms with E-state index in [9.17, 15) is 0 Å². The molecule has 0 radical (unpaired) electrons. The third-order valence-corrected chi connectivity index (χ3v) is 4.14. The minimum absolute atomic E-state index is 0.401. The molecule has 108 valence electrons. The topological polar surface area (TPSA) is 39.1 Å². The molecule has 0 fully saturated rings. The zero-order chi connectivity index (χ0) is 14.7. The van der Waals surface area contributed by atoms with Crippen molar-refractivity contribution in [3.63, 3.8) is 0 Å². The van der Waals surface area contributed by atoms with Crippen molar-refractivity contribution in [3.8, 4) is 5.75 Å². The van der Waals surface area contributed by atoms with Crippen molar-refractivity contribution in [3.05, 3.63) is 44.6 Å². The molecule has 1 aromatic carbocycles. The normalized spacial score (nSPS) is 10.8. The van der Waals surface area contributed by atoms with Gasteiger partial charge < -0.3 is 10.1 Å². The van der Waals surface area contributed by atoms with Crippen LogP contribution < -0.4 is 10.1 Å². The van der Waals surface area contributed by atoms with E-state index in [1.807, 2.05) is 39.2 Å². The minimum Gasteiger partial charge on any atom is -0.487 e. The highest BCUT2D eigenvalue weighted by molar-refractivity contribution is 9.10. The van der Waals surface area contributed by atoms with E-state index in [1.54, 1.807) is 4.68 Å². The fraction of sp³-hybridized carbons (Fsp3) is 0.357. The van der Waals surface area contributed by atoms with Gasteiger partial charge in [-0.25, -0.2) is 0 Å². The van der Waals surface area contributed by atoms with Gasteiger partial charge >= 0.3 is 0 Å². The molecule has 0 saturated carbocycles. The van der Waals surface area contributed by atoms with E-state index >= 15 is 0 Å². The van der Waals surface area contributed by atoms with Crippen molar-refractivity contribution in [2.45, 2.75) is 20.1 Å². The largest absolute Gasteiger partial charge is 0.487 e. The van der Waals surface area contributed by atoms with Gasteiger partial charge in [-0.1, -0.05) is 23.7 Å². The lowest BCUT2D eigenvalue weighted by Crippen LogP contribution is -2.08. The quantitative estimate of drug-likeness (QED) is 0.890. The van der Waals surface area contributed by atoms with E-state index in [-0.39, 0.29) is 0 Å². The van der Waals surface area contributed by atoms with Gasteiger partial charge in [0, 0.05) is 24.7 Å². The lowest BCUT2D eigenvalue weighted by molar-refractivity contribution is 0.299. The summed E-state index contributed by atoms with van der Waals surface area (Å²) in [6.07, 6.45) is 0. The minimum atomic E-state index is 0.401. The van der Waals surface area contributed by atoms with Gasteiger partial charge in [0.1, 0.15) is 17.5 Å². The zero-order valence-electron chi connectivity index (χ0n) is 11.7. The van der Waals surface area contributed by atoms with E-state index < -0.39 is 0 Å². The summed E-state index contributed by atoms with van der Waals surface area (Å²) in [4.78, 5) is 0. The maximum Gasteiger partial charge on any atom is 0.138 e. The number of aromatic nitrogens is 2. The summed E-state index contributed by atoms with van der Waals surface area (Å²) >= 11 is 9.74. The van der Waals surface area contributed by atoms with E-state index in [0.717, 1.165) is 33.6 Å². The van der Waals surface area contributed by atoms with E-state index in [2.05, 4.69) is 26.3 Å². The van der Waals surface area contributed by atoms with Crippen molar-refractivity contribution in [1.29, 1.82) is 0 Å². The van der Waals surface area contributed by atoms with Gasteiger partial charge in [-0.05, 0) is 36.0 Å². The van der Waals surface area contributed by atoms with Crippen LogP contribution in [0.2, 0.25) is 5.15 Å². The molecule has 0 amide bonds. The molecule has 0 saturated heterocycles. The van der Waals surface area contributed by atoms with Gasteiger partial charge in [0.2, 0.25) is 0 Å². The van der Waals surface area contributed by atoms with Crippen LogP contribution in [0.4, 0.5) is 0 Å². The van der Waals surface area contributed by atoms with Crippen LogP contribution in [0.15, 0.2) is 22.7 Å². The number of para-hydroxylation sites is 1. The first kappa shape index (κ1) is 15.4. The zero-order valence-corrected chi connectivity index (χ0v) is 14.0. The van der Waals surface area contributed by atoms with Crippen molar-refractivity contribution >= 4 is 27.5 Å². The van der Waals surface area contributed by atoms with Gasteiger partial charge in [0.25, 0.3) is 0 Å². The second-order valence-corrected chi connectivity index (χ2v) is 5.74. The first-order valence-electron chi connectivity index (χ1n) is 6.27. The molecular weight excluding hydrogens is 342 g/mol. The van der Waals surface area contributed by atoms with Gasteiger partial charge in [-0.15, -0.1) is 0 Å². The maximum absolute atomic E-state index is 6.22. The molecule has 2 aromatic rings. The summed E-state index contributed by atoms with van der Waals surface area (Å²) in [5, 5.41) is 8.03. The highest BCUT2D eigenvalue weighted by Gasteiger charge is 2.14. The van der Waals surface area contributed by atoms with Crippen LogP contribution in [0.5, 0.6) is 5.75 Å². The Morgan fingerprint density at radius 2 is 2.20 bits per heavy atom. The van der Waals surface area contributed by atoms with Gasteiger partial charge in [0.05, 0.1) is 10.2 Å². The average molecular weight is 359 g/mol. The van der Waals surface area contributed by atoms with Gasteiger partial charge in [0.15, 0.2) is 0 Å². The summed E-state index contributed by atoms with van der Waals surface area (Å²) in [7, 11) is 3.73. The third kappa shape index (κ3) is 3.16. The SMILES string of the molecule is CNCc1cccc(Br)c1OCc1c(C)nn(C)c1Cl. The number of nitrogens with zero attached hydrogens (tertiary/aromatic N) is 2. The predicted molar refractivity (Wildman–Crippen MR) is 84.2 cm³/mol. The van der Waals surface area contributed by atoms with E-state index in [1.165, 1.54) is 0 Å². The lowest BCUT2D eigenvalue weighted by Gasteiger charge is -2.13. The van der Waals surface area contributed by atoms with Crippen molar-refractivity contribution in [2.75, 3.05) is 7.05 Å². The monoisotopic (exact) mass is 357 g/mol. The second kappa shape index (κ2) is 6.61. The number of rotatable bonds is 5. The molecule has 0 aliphatic rings. The summed E-state index contributed by atoms with van der Waals surface area (Å²) < 4.78 is 8.55. The first-order chi connectivity index (χ1) is 9.54. The van der Waals surface area contributed by atoms with Crippen LogP contribution >= 0.6 is 27.5 Å². The van der Waals surface area contributed by atoms with E-state index in [0.29, 0.717) is 11.8 Å². The number of aryl methyl sites for hydroxylation is 2. The molecule has 2 rings (SSSR count). The van der Waals surface area contributed by atoms with Gasteiger partial charge in [-0.2, -0.15) is 5.10 Å². The van der Waals surface area contributed by atoms with E-state index in [4.69, 9.17) is 16.3 Å². The fourth-order valence-corrected chi connectivity index (χ4v) is 2.78. The van der Waals surface area contributed by atoms with Crippen LogP contribution in [0.25, 0.3) is 0 Å².